The topological polar surface area (TPSA) is 58.2 Å². The van der Waals surface area contributed by atoms with Crippen LogP contribution in [0.25, 0.3) is 0 Å². The zero-order chi connectivity index (χ0) is 13.0. The van der Waals surface area contributed by atoms with Gasteiger partial charge in [0, 0.05) is 23.7 Å². The summed E-state index contributed by atoms with van der Waals surface area (Å²) in [5.41, 5.74) is 1.23. The average Bonchev–Trinajstić information content (AvgIpc) is 2.40. The lowest BCUT2D eigenvalue weighted by atomic mass is 10.1. The Hall–Kier alpha value is -1.39. The van der Waals surface area contributed by atoms with E-state index in [0.717, 1.165) is 25.9 Å². The van der Waals surface area contributed by atoms with Crippen molar-refractivity contribution in [2.45, 2.75) is 25.8 Å². The van der Waals surface area contributed by atoms with Gasteiger partial charge in [0.2, 0.25) is 0 Å². The SMILES string of the molecule is CC(=O)c1ccc(C(=O)NC2CCCNC2)cc1.Cl. The van der Waals surface area contributed by atoms with Gasteiger partial charge in [0.25, 0.3) is 5.91 Å². The van der Waals surface area contributed by atoms with Crippen LogP contribution in [0.5, 0.6) is 0 Å². The van der Waals surface area contributed by atoms with Crippen LogP contribution in [0.15, 0.2) is 24.3 Å². The van der Waals surface area contributed by atoms with E-state index in [1.165, 1.54) is 6.92 Å². The van der Waals surface area contributed by atoms with Gasteiger partial charge in [0.15, 0.2) is 5.78 Å². The number of benzene rings is 1. The Morgan fingerprint density at radius 2 is 1.84 bits per heavy atom. The van der Waals surface area contributed by atoms with E-state index < -0.39 is 0 Å². The molecular weight excluding hydrogens is 264 g/mol. The molecule has 0 bridgehead atoms. The molecule has 0 aromatic heterocycles. The number of rotatable bonds is 3. The van der Waals surface area contributed by atoms with Gasteiger partial charge in [0.1, 0.15) is 0 Å². The molecule has 1 unspecified atom stereocenters. The van der Waals surface area contributed by atoms with Gasteiger partial charge in [-0.3, -0.25) is 9.59 Å². The van der Waals surface area contributed by atoms with Crippen LogP contribution in [0.4, 0.5) is 0 Å². The summed E-state index contributed by atoms with van der Waals surface area (Å²) >= 11 is 0. The highest BCUT2D eigenvalue weighted by Crippen LogP contribution is 2.07. The van der Waals surface area contributed by atoms with Crippen molar-refractivity contribution < 1.29 is 9.59 Å². The van der Waals surface area contributed by atoms with E-state index in [1.807, 2.05) is 0 Å². The van der Waals surface area contributed by atoms with E-state index in [9.17, 15) is 9.59 Å². The first kappa shape index (κ1) is 15.7. The zero-order valence-electron chi connectivity index (χ0n) is 10.9. The van der Waals surface area contributed by atoms with Crippen molar-refractivity contribution in [2.75, 3.05) is 13.1 Å². The second-order valence-corrected chi connectivity index (χ2v) is 4.65. The molecule has 1 amide bonds. The van der Waals surface area contributed by atoms with Crippen molar-refractivity contribution in [3.8, 4) is 0 Å². The average molecular weight is 283 g/mol. The minimum Gasteiger partial charge on any atom is -0.348 e. The molecule has 1 aromatic carbocycles. The molecule has 1 fully saturated rings. The summed E-state index contributed by atoms with van der Waals surface area (Å²) in [7, 11) is 0. The van der Waals surface area contributed by atoms with Crippen LogP contribution in [0.2, 0.25) is 0 Å². The number of carbonyl (C=O) groups excluding carboxylic acids is 2. The molecule has 1 aliphatic rings. The van der Waals surface area contributed by atoms with Gasteiger partial charge >= 0.3 is 0 Å². The molecule has 1 heterocycles. The summed E-state index contributed by atoms with van der Waals surface area (Å²) < 4.78 is 0. The molecule has 104 valence electrons. The fourth-order valence-electron chi connectivity index (χ4n) is 2.10. The summed E-state index contributed by atoms with van der Waals surface area (Å²) in [6, 6.07) is 6.98. The number of nitrogens with one attached hydrogen (secondary N) is 2. The number of Topliss-reactive ketones (excluding diaryl/α,β-unsaturated/α-hetero) is 1. The molecule has 1 atom stereocenters. The third-order valence-electron chi connectivity index (χ3n) is 3.19. The van der Waals surface area contributed by atoms with Gasteiger partial charge in [-0.1, -0.05) is 12.1 Å². The molecular formula is C14H19ClN2O2. The highest BCUT2D eigenvalue weighted by atomic mass is 35.5. The maximum Gasteiger partial charge on any atom is 0.251 e. The first-order chi connectivity index (χ1) is 8.66. The fraction of sp³-hybridized carbons (Fsp3) is 0.429. The lowest BCUT2D eigenvalue weighted by molar-refractivity contribution is 0.0929. The maximum absolute atomic E-state index is 12.0. The second kappa shape index (κ2) is 7.26. The number of hydrogen-bond donors (Lipinski definition) is 2. The molecule has 0 saturated carbocycles. The quantitative estimate of drug-likeness (QED) is 0.831. The summed E-state index contributed by atoms with van der Waals surface area (Å²) in [4.78, 5) is 23.1. The molecule has 0 radical (unpaired) electrons. The summed E-state index contributed by atoms with van der Waals surface area (Å²) in [6.07, 6.45) is 2.11. The van der Waals surface area contributed by atoms with E-state index in [0.29, 0.717) is 11.1 Å². The molecule has 0 spiro atoms. The predicted molar refractivity (Wildman–Crippen MR) is 77.1 cm³/mol. The molecule has 2 rings (SSSR count). The van der Waals surface area contributed by atoms with Crippen LogP contribution in [0.1, 0.15) is 40.5 Å². The van der Waals surface area contributed by atoms with Crippen LogP contribution in [-0.2, 0) is 0 Å². The molecule has 2 N–H and O–H groups in total. The van der Waals surface area contributed by atoms with Gasteiger partial charge in [-0.25, -0.2) is 0 Å². The van der Waals surface area contributed by atoms with Gasteiger partial charge in [-0.15, -0.1) is 12.4 Å². The Labute approximate surface area is 119 Å². The highest BCUT2D eigenvalue weighted by Gasteiger charge is 2.16. The van der Waals surface area contributed by atoms with Crippen LogP contribution < -0.4 is 10.6 Å². The molecule has 5 heteroatoms. The molecule has 1 saturated heterocycles. The van der Waals surface area contributed by atoms with Crippen molar-refractivity contribution in [1.29, 1.82) is 0 Å². The number of ketones is 1. The highest BCUT2D eigenvalue weighted by molar-refractivity contribution is 5.97. The maximum atomic E-state index is 12.0. The van der Waals surface area contributed by atoms with Gasteiger partial charge in [-0.05, 0) is 38.4 Å². The van der Waals surface area contributed by atoms with E-state index in [-0.39, 0.29) is 30.1 Å². The van der Waals surface area contributed by atoms with Gasteiger partial charge < -0.3 is 10.6 Å². The largest absolute Gasteiger partial charge is 0.348 e. The van der Waals surface area contributed by atoms with Gasteiger partial charge in [0.05, 0.1) is 0 Å². The van der Waals surface area contributed by atoms with Crippen molar-refractivity contribution in [3.63, 3.8) is 0 Å². The lowest BCUT2D eigenvalue weighted by Gasteiger charge is -2.23. The standard InChI is InChI=1S/C14H18N2O2.ClH/c1-10(17)11-4-6-12(7-5-11)14(18)16-13-3-2-8-15-9-13;/h4-7,13,15H,2-3,8-9H2,1H3,(H,16,18);1H. The number of carbonyl (C=O) groups is 2. The third-order valence-corrected chi connectivity index (χ3v) is 3.19. The molecule has 1 aliphatic heterocycles. The zero-order valence-corrected chi connectivity index (χ0v) is 11.8. The molecule has 1 aromatic rings. The first-order valence-corrected chi connectivity index (χ1v) is 6.29. The number of amides is 1. The second-order valence-electron chi connectivity index (χ2n) is 4.65. The van der Waals surface area contributed by atoms with E-state index in [4.69, 9.17) is 0 Å². The minimum absolute atomic E-state index is 0. The minimum atomic E-state index is -0.0706. The van der Waals surface area contributed by atoms with Crippen LogP contribution in [-0.4, -0.2) is 30.8 Å². The predicted octanol–water partition coefficient (Wildman–Crippen LogP) is 1.79. The van der Waals surface area contributed by atoms with Gasteiger partial charge in [-0.2, -0.15) is 0 Å². The van der Waals surface area contributed by atoms with Crippen molar-refractivity contribution >= 4 is 24.1 Å². The molecule has 0 aliphatic carbocycles. The van der Waals surface area contributed by atoms with Crippen LogP contribution >= 0.6 is 12.4 Å². The lowest BCUT2D eigenvalue weighted by Crippen LogP contribution is -2.45. The van der Waals surface area contributed by atoms with Crippen molar-refractivity contribution in [1.82, 2.24) is 10.6 Å². The normalized spacial score (nSPS) is 18.3. The van der Waals surface area contributed by atoms with E-state index >= 15 is 0 Å². The Morgan fingerprint density at radius 1 is 1.21 bits per heavy atom. The van der Waals surface area contributed by atoms with E-state index in [2.05, 4.69) is 10.6 Å². The Morgan fingerprint density at radius 3 is 2.37 bits per heavy atom. The summed E-state index contributed by atoms with van der Waals surface area (Å²) in [6.45, 7) is 3.37. The first-order valence-electron chi connectivity index (χ1n) is 6.29. The van der Waals surface area contributed by atoms with Crippen LogP contribution in [0.3, 0.4) is 0 Å². The summed E-state index contributed by atoms with van der Waals surface area (Å²) in [5, 5.41) is 6.25. The Kier molecular flexibility index (Phi) is 5.99. The number of piperidine rings is 1. The van der Waals surface area contributed by atoms with Crippen molar-refractivity contribution in [2.24, 2.45) is 0 Å². The number of hydrogen-bond acceptors (Lipinski definition) is 3. The fourth-order valence-corrected chi connectivity index (χ4v) is 2.10. The van der Waals surface area contributed by atoms with E-state index in [1.54, 1.807) is 24.3 Å². The smallest absolute Gasteiger partial charge is 0.251 e. The third kappa shape index (κ3) is 4.33. The van der Waals surface area contributed by atoms with Crippen molar-refractivity contribution in [3.05, 3.63) is 35.4 Å². The Balaban J connectivity index is 0.00000180. The molecule has 4 nitrogen and oxygen atoms in total. The summed E-state index contributed by atoms with van der Waals surface area (Å²) in [5.74, 6) is -0.0581. The number of halogens is 1. The Bertz CT molecular complexity index is 439. The molecule has 19 heavy (non-hydrogen) atoms. The van der Waals surface area contributed by atoms with Crippen LogP contribution in [0, 0.1) is 0 Å². The monoisotopic (exact) mass is 282 g/mol.